The molecule has 127 heavy (non-hydrogen) atoms. The molecule has 5 aromatic rings. The molecule has 5 aliphatic rings. The molecule has 26 nitrogen and oxygen atoms in total. The highest BCUT2D eigenvalue weighted by atomic mass is 32.2. The number of hydrogen-bond acceptors (Lipinski definition) is 26. The molecule has 5 saturated heterocycles. The molecule has 0 unspecified atom stereocenters. The van der Waals surface area contributed by atoms with Crippen molar-refractivity contribution in [2.75, 3.05) is 7.11 Å². The van der Waals surface area contributed by atoms with E-state index in [4.69, 9.17) is 4.74 Å². The summed E-state index contributed by atoms with van der Waals surface area (Å²) in [5, 5.41) is 61.0. The molecule has 0 radical (unpaired) electrons. The van der Waals surface area contributed by atoms with Crippen LogP contribution in [-0.4, -0.2) is 179 Å². The van der Waals surface area contributed by atoms with E-state index in [1.54, 1.807) is 43.9 Å². The highest BCUT2D eigenvalue weighted by Gasteiger charge is 2.54. The number of rotatable bonds is 24. The van der Waals surface area contributed by atoms with Crippen molar-refractivity contribution < 1.29 is 95.6 Å². The second kappa shape index (κ2) is 41.5. The van der Waals surface area contributed by atoms with Gasteiger partial charge in [0.15, 0.2) is 0 Å². The molecule has 0 atom stereocenters. The molecular formula is C96H152N5O21S5-5. The standard InChI is InChI=1S/C22H37NO4S.C21H35NO4S.C18H29NO5S.C18H29NO4S.C17H27NO4S/c1-7-21(8-2)14-19(15-22(9-3,10-4)23(21)24)12-18-11-16(5)17(6)20(13-18)28(25,26)27;1-6-20(7-2)14-18(15-21(8-3,9-4)22(20)23)12-17-10-16(5)11-19(13-17)27(24,25)26;1-12-7-13(9-15(16(12)24-6)25(21,22)23)8-14-10-17(2,3)19(20)18(4,5)11-14;1-12-7-14(9-16(13(12)2)24(21,22)23)8-15-10-17(3,4)19(20)18(5,6)11-15;1-12-6-13(9-15(7-12)23(20,21)22)8-14-10-16(2,3)18(19)17(4,5)11-14/h11,13,19,24H,7-10,12,14-15H2,1-6H3,(H,25,26,27);10-11,13,18,23H,6-9,12,14-15H2,1-5H3,(H,24,25,26);7,9,14,20H,8,10-11H2,1-6H3,(H,21,22,23);7,9,15,20H,8,10-11H2,1-6H3,(H,21,22,23);6-7,9,14,19H,8,10-11H2,1-5H3,(H,20,21,22)/p-5. The van der Waals surface area contributed by atoms with E-state index in [2.05, 4.69) is 55.4 Å². The Morgan fingerprint density at radius 1 is 0.291 bits per heavy atom. The van der Waals surface area contributed by atoms with Crippen LogP contribution in [0, 0.1) is 78.1 Å². The quantitative estimate of drug-likeness (QED) is 0.0358. The van der Waals surface area contributed by atoms with Crippen molar-refractivity contribution >= 4 is 50.6 Å². The van der Waals surface area contributed by atoms with Gasteiger partial charge in [-0.2, -0.15) is 25.3 Å². The Morgan fingerprint density at radius 3 is 0.701 bits per heavy atom. The first kappa shape index (κ1) is 111. The highest BCUT2D eigenvalue weighted by molar-refractivity contribution is 7.86. The van der Waals surface area contributed by atoms with Crippen molar-refractivity contribution in [2.45, 2.75) is 414 Å². The molecule has 0 aliphatic carbocycles. The zero-order valence-corrected chi connectivity index (χ0v) is 85.2. The minimum absolute atomic E-state index is 0.100. The fourth-order valence-electron chi connectivity index (χ4n) is 22.9. The van der Waals surface area contributed by atoms with Crippen LogP contribution in [0.25, 0.3) is 0 Å². The third-order valence-electron chi connectivity index (χ3n) is 29.0. The average molecular weight is 1870 g/mol. The molecule has 5 N–H and O–H groups in total. The number of nitrogens with zero attached hydrogens (tertiary/aromatic N) is 5. The Balaban J connectivity index is 0.000000245. The lowest BCUT2D eigenvalue weighted by molar-refractivity contribution is -0.275. The molecule has 0 aromatic heterocycles. The Hall–Kier alpha value is -4.95. The third kappa shape index (κ3) is 26.8. The number of hydroxylamine groups is 10. The molecule has 722 valence electrons. The molecular weight excluding hydrogens is 1720 g/mol. The first-order valence-corrected chi connectivity index (χ1v) is 52.3. The lowest BCUT2D eigenvalue weighted by atomic mass is 9.67. The molecule has 0 spiro atoms. The minimum atomic E-state index is -4.61. The van der Waals surface area contributed by atoms with E-state index in [0.29, 0.717) is 59.6 Å². The summed E-state index contributed by atoms with van der Waals surface area (Å²) in [6.45, 7) is 53.4. The first-order chi connectivity index (χ1) is 57.9. The summed E-state index contributed by atoms with van der Waals surface area (Å²) in [5.41, 5.74) is 6.07. The topological polar surface area (TPSA) is 413 Å². The molecule has 0 amide bonds. The summed E-state index contributed by atoms with van der Waals surface area (Å²) in [6.07, 6.45) is 18.7. The first-order valence-electron chi connectivity index (χ1n) is 45.2. The molecule has 5 heterocycles. The largest absolute Gasteiger partial charge is 0.744 e. The number of ether oxygens (including phenoxy) is 1. The Labute approximate surface area is 763 Å². The van der Waals surface area contributed by atoms with Gasteiger partial charge in [-0.3, -0.25) is 0 Å². The number of hydrogen-bond donors (Lipinski definition) is 5. The monoisotopic (exact) mass is 1870 g/mol. The van der Waals surface area contributed by atoms with Crippen molar-refractivity contribution in [1.29, 1.82) is 0 Å². The molecule has 5 aromatic carbocycles. The average Bonchev–Trinajstić information content (AvgIpc) is 0.751. The SMILES string of the molecule is CCC1(CC)CC(Cc2cc(C)c(C)c(S(=O)(=O)[O-])c2)CC(CC)(CC)N1O.CCC1(CC)CC(Cc2cc(C)cc(S(=O)(=O)[O-])c2)CC(CC)(CC)N1O.COc1c(C)cc(CC2CC(C)(C)N(O)C(C)(C)C2)cc1S(=O)(=O)[O-].Cc1cc(CC2CC(C)(C)N(O)C(C)(C)C2)cc(S(=O)(=O)[O-])c1.Cc1cc(CC2CC(C)(C)N(O)C(C)(C)C2)cc(S(=O)(=O)[O-])c1C. The normalized spacial score (nSPS) is 21.2. The van der Waals surface area contributed by atoms with Crippen LogP contribution in [0.4, 0.5) is 0 Å². The van der Waals surface area contributed by atoms with Gasteiger partial charge in [-0.25, -0.2) is 42.1 Å². The van der Waals surface area contributed by atoms with Gasteiger partial charge in [-0.1, -0.05) is 85.7 Å². The van der Waals surface area contributed by atoms with Gasteiger partial charge in [0.05, 0.1) is 31.6 Å². The van der Waals surface area contributed by atoms with Crippen LogP contribution in [0.5, 0.6) is 5.75 Å². The number of methoxy groups -OCH3 is 1. The highest BCUT2D eigenvalue weighted by Crippen LogP contribution is 2.52. The molecule has 5 aliphatic heterocycles. The van der Waals surface area contributed by atoms with Gasteiger partial charge >= 0.3 is 0 Å². The van der Waals surface area contributed by atoms with Gasteiger partial charge in [-0.05, 0) is 418 Å². The number of benzene rings is 5. The lowest BCUT2D eigenvalue weighted by Crippen LogP contribution is -2.63. The van der Waals surface area contributed by atoms with Crippen LogP contribution in [0.2, 0.25) is 0 Å². The molecule has 10 rings (SSSR count). The Bertz CT molecular complexity index is 5130. The van der Waals surface area contributed by atoms with E-state index in [1.807, 2.05) is 134 Å². The van der Waals surface area contributed by atoms with Crippen molar-refractivity contribution in [3.05, 3.63) is 140 Å². The van der Waals surface area contributed by atoms with Crippen LogP contribution in [0.1, 0.15) is 321 Å². The summed E-state index contributed by atoms with van der Waals surface area (Å²) in [7, 11) is -21.1. The maximum absolute atomic E-state index is 11.7. The van der Waals surface area contributed by atoms with Crippen molar-refractivity contribution in [3.63, 3.8) is 0 Å². The fourth-order valence-corrected chi connectivity index (χ4v) is 26.6. The predicted molar refractivity (Wildman–Crippen MR) is 490 cm³/mol. The zero-order chi connectivity index (χ0) is 97.1. The van der Waals surface area contributed by atoms with E-state index in [0.717, 1.165) is 178 Å². The van der Waals surface area contributed by atoms with Crippen molar-refractivity contribution in [2.24, 2.45) is 29.6 Å². The van der Waals surface area contributed by atoms with E-state index >= 15 is 0 Å². The maximum atomic E-state index is 11.7. The molecule has 0 saturated carbocycles. The van der Waals surface area contributed by atoms with Gasteiger partial charge in [0.2, 0.25) is 0 Å². The van der Waals surface area contributed by atoms with Gasteiger partial charge in [0.25, 0.3) is 0 Å². The summed E-state index contributed by atoms with van der Waals surface area (Å²) in [4.78, 5) is -0.826. The Kier molecular flexibility index (Phi) is 36.2. The van der Waals surface area contributed by atoms with Crippen LogP contribution < -0.4 is 4.74 Å². The van der Waals surface area contributed by atoms with Gasteiger partial charge < -0.3 is 53.5 Å². The van der Waals surface area contributed by atoms with E-state index in [1.165, 1.54) is 58.7 Å². The van der Waals surface area contributed by atoms with Crippen LogP contribution in [0.3, 0.4) is 0 Å². The van der Waals surface area contributed by atoms with Gasteiger partial charge in [0.1, 0.15) is 56.3 Å². The van der Waals surface area contributed by atoms with Crippen LogP contribution in [0.15, 0.2) is 97.3 Å². The second-order valence-corrected chi connectivity index (χ2v) is 48.4. The van der Waals surface area contributed by atoms with Gasteiger partial charge in [-0.15, -0.1) is 0 Å². The van der Waals surface area contributed by atoms with E-state index in [-0.39, 0.29) is 91.5 Å². The summed E-state index contributed by atoms with van der Waals surface area (Å²) >= 11 is 0. The van der Waals surface area contributed by atoms with E-state index < -0.39 is 50.6 Å². The fraction of sp³-hybridized carbons (Fsp3) is 0.688. The van der Waals surface area contributed by atoms with Crippen molar-refractivity contribution in [1.82, 2.24) is 25.3 Å². The Morgan fingerprint density at radius 2 is 0.496 bits per heavy atom. The zero-order valence-electron chi connectivity index (χ0n) is 81.1. The number of piperidine rings is 5. The second-order valence-electron chi connectivity index (χ2n) is 41.6. The van der Waals surface area contributed by atoms with Crippen LogP contribution >= 0.6 is 0 Å². The summed E-state index contributed by atoms with van der Waals surface area (Å²) in [6, 6.07) is 20.1. The molecule has 31 heteroatoms. The molecule has 0 bridgehead atoms. The predicted octanol–water partition coefficient (Wildman–Crippen LogP) is 19.2. The minimum Gasteiger partial charge on any atom is -0.744 e. The maximum Gasteiger partial charge on any atom is 0.139 e. The lowest BCUT2D eigenvalue weighted by Gasteiger charge is -2.56. The molecule has 5 fully saturated rings. The third-order valence-corrected chi connectivity index (χ3v) is 33.4. The van der Waals surface area contributed by atoms with Gasteiger partial charge in [0, 0.05) is 55.4 Å². The number of aryl methyl sites for hydroxylation is 5. The summed E-state index contributed by atoms with van der Waals surface area (Å²) < 4.78 is 178. The van der Waals surface area contributed by atoms with E-state index in [9.17, 15) is 90.9 Å². The van der Waals surface area contributed by atoms with Crippen molar-refractivity contribution in [3.8, 4) is 5.75 Å². The summed E-state index contributed by atoms with van der Waals surface area (Å²) in [5.74, 6) is 1.66. The van der Waals surface area contributed by atoms with Crippen LogP contribution in [-0.2, 0) is 82.7 Å². The smallest absolute Gasteiger partial charge is 0.139 e.